The van der Waals surface area contributed by atoms with E-state index in [1.807, 2.05) is 0 Å². The van der Waals surface area contributed by atoms with Crippen LogP contribution in [0.3, 0.4) is 0 Å². The zero-order valence-corrected chi connectivity index (χ0v) is 10.9. The third-order valence-corrected chi connectivity index (χ3v) is 4.38. The number of nitrogens with zero attached hydrogens (tertiary/aromatic N) is 1. The topological polar surface area (TPSA) is 57.6 Å². The first kappa shape index (κ1) is 14.2. The average molecular weight is 275 g/mol. The summed E-state index contributed by atoms with van der Waals surface area (Å²) in [6.07, 6.45) is 0.0430. The molecular formula is C13H19F2NO3. The van der Waals surface area contributed by atoms with Crippen molar-refractivity contribution in [1.29, 1.82) is 0 Å². The smallest absolute Gasteiger partial charge is 0.306 e. The standard InChI is InChI=1S/C13H19F2NO3/c1-8(12(18)19)10-6-16(7-10)11(17)9-2-4-13(14,15)5-3-9/h8-10H,2-7H2,1H3,(H,18,19). The molecule has 1 amide bonds. The molecule has 2 aliphatic rings. The van der Waals surface area contributed by atoms with E-state index in [1.165, 1.54) is 0 Å². The Bertz CT molecular complexity index is 370. The third kappa shape index (κ3) is 3.04. The number of carbonyl (C=O) groups is 2. The molecule has 1 atom stereocenters. The van der Waals surface area contributed by atoms with Crippen LogP contribution in [-0.2, 0) is 9.59 Å². The van der Waals surface area contributed by atoms with Gasteiger partial charge in [0.2, 0.25) is 11.8 Å². The fourth-order valence-electron chi connectivity index (χ4n) is 2.76. The summed E-state index contributed by atoms with van der Waals surface area (Å²) in [5.74, 6) is -4.32. The molecule has 0 aromatic rings. The predicted octanol–water partition coefficient (Wildman–Crippen LogP) is 1.99. The number of amides is 1. The van der Waals surface area contributed by atoms with Crippen molar-refractivity contribution in [3.63, 3.8) is 0 Å². The molecule has 1 unspecified atom stereocenters. The Balaban J connectivity index is 1.79. The Kier molecular flexibility index (Phi) is 3.78. The van der Waals surface area contributed by atoms with Crippen molar-refractivity contribution in [2.45, 2.75) is 38.5 Å². The Hall–Kier alpha value is -1.20. The first-order valence-electron chi connectivity index (χ1n) is 6.69. The van der Waals surface area contributed by atoms with E-state index >= 15 is 0 Å². The molecule has 6 heteroatoms. The highest BCUT2D eigenvalue weighted by Crippen LogP contribution is 2.38. The molecule has 0 aromatic heterocycles. The number of aliphatic carboxylic acids is 1. The van der Waals surface area contributed by atoms with Gasteiger partial charge in [0.15, 0.2) is 0 Å². The molecular weight excluding hydrogens is 256 g/mol. The minimum Gasteiger partial charge on any atom is -0.481 e. The Labute approximate surface area is 110 Å². The molecule has 1 N–H and O–H groups in total. The number of hydrogen-bond acceptors (Lipinski definition) is 2. The molecule has 108 valence electrons. The second kappa shape index (κ2) is 5.06. The SMILES string of the molecule is CC(C(=O)O)C1CN(C(=O)C2CCC(F)(F)CC2)C1. The van der Waals surface area contributed by atoms with E-state index in [1.54, 1.807) is 11.8 Å². The number of halogens is 2. The van der Waals surface area contributed by atoms with E-state index in [-0.39, 0.29) is 43.4 Å². The lowest BCUT2D eigenvalue weighted by atomic mass is 9.82. The number of carbonyl (C=O) groups excluding carboxylic acids is 1. The zero-order valence-electron chi connectivity index (χ0n) is 10.9. The van der Waals surface area contributed by atoms with E-state index in [0.29, 0.717) is 13.1 Å². The van der Waals surface area contributed by atoms with Crippen molar-refractivity contribution in [2.75, 3.05) is 13.1 Å². The third-order valence-electron chi connectivity index (χ3n) is 4.38. The lowest BCUT2D eigenvalue weighted by Gasteiger charge is -2.43. The van der Waals surface area contributed by atoms with E-state index in [9.17, 15) is 18.4 Å². The van der Waals surface area contributed by atoms with E-state index in [2.05, 4.69) is 0 Å². The highest BCUT2D eigenvalue weighted by Gasteiger charge is 2.42. The van der Waals surface area contributed by atoms with Crippen LogP contribution in [0.2, 0.25) is 0 Å². The Morgan fingerprint density at radius 3 is 2.26 bits per heavy atom. The Morgan fingerprint density at radius 2 is 1.79 bits per heavy atom. The van der Waals surface area contributed by atoms with Gasteiger partial charge in [0.1, 0.15) is 0 Å². The highest BCUT2D eigenvalue weighted by molar-refractivity contribution is 5.80. The van der Waals surface area contributed by atoms with Gasteiger partial charge in [-0.05, 0) is 12.8 Å². The van der Waals surface area contributed by atoms with Gasteiger partial charge < -0.3 is 10.0 Å². The minimum absolute atomic E-state index is 0.00789. The molecule has 1 aliphatic carbocycles. The van der Waals surface area contributed by atoms with Gasteiger partial charge in [0.05, 0.1) is 5.92 Å². The van der Waals surface area contributed by atoms with Crippen molar-refractivity contribution in [1.82, 2.24) is 4.90 Å². The van der Waals surface area contributed by atoms with Crippen LogP contribution in [0.4, 0.5) is 8.78 Å². The van der Waals surface area contributed by atoms with E-state index < -0.39 is 17.8 Å². The number of carboxylic acids is 1. The van der Waals surface area contributed by atoms with Crippen LogP contribution in [0, 0.1) is 17.8 Å². The summed E-state index contributed by atoms with van der Waals surface area (Å²) >= 11 is 0. The maximum Gasteiger partial charge on any atom is 0.306 e. The molecule has 0 radical (unpaired) electrons. The fourth-order valence-corrected chi connectivity index (χ4v) is 2.76. The number of hydrogen-bond donors (Lipinski definition) is 1. The summed E-state index contributed by atoms with van der Waals surface area (Å²) in [7, 11) is 0. The summed E-state index contributed by atoms with van der Waals surface area (Å²) in [4.78, 5) is 24.5. The fraction of sp³-hybridized carbons (Fsp3) is 0.846. The van der Waals surface area contributed by atoms with Gasteiger partial charge in [-0.1, -0.05) is 6.92 Å². The lowest BCUT2D eigenvalue weighted by molar-refractivity contribution is -0.154. The number of carboxylic acid groups (broad SMARTS) is 1. The van der Waals surface area contributed by atoms with Gasteiger partial charge in [-0.15, -0.1) is 0 Å². The van der Waals surface area contributed by atoms with E-state index in [4.69, 9.17) is 5.11 Å². The monoisotopic (exact) mass is 275 g/mol. The molecule has 1 aliphatic heterocycles. The van der Waals surface area contributed by atoms with Gasteiger partial charge >= 0.3 is 5.97 Å². The normalized spacial score (nSPS) is 25.7. The van der Waals surface area contributed by atoms with Gasteiger partial charge in [0, 0.05) is 37.8 Å². The highest BCUT2D eigenvalue weighted by atomic mass is 19.3. The first-order valence-corrected chi connectivity index (χ1v) is 6.69. The molecule has 1 saturated heterocycles. The van der Waals surface area contributed by atoms with Gasteiger partial charge in [-0.25, -0.2) is 8.78 Å². The van der Waals surface area contributed by atoms with E-state index in [0.717, 1.165) is 0 Å². The maximum absolute atomic E-state index is 13.0. The maximum atomic E-state index is 13.0. The van der Waals surface area contributed by atoms with Gasteiger partial charge in [0.25, 0.3) is 0 Å². The summed E-state index contributed by atoms with van der Waals surface area (Å²) in [5, 5.41) is 8.86. The predicted molar refractivity (Wildman–Crippen MR) is 63.8 cm³/mol. The van der Waals surface area contributed by atoms with Crippen LogP contribution < -0.4 is 0 Å². The summed E-state index contributed by atoms with van der Waals surface area (Å²) in [5.41, 5.74) is 0. The van der Waals surface area contributed by atoms with Crippen LogP contribution in [0.5, 0.6) is 0 Å². The summed E-state index contributed by atoms with van der Waals surface area (Å²) in [6.45, 7) is 2.52. The molecule has 1 heterocycles. The molecule has 4 nitrogen and oxygen atoms in total. The van der Waals surface area contributed by atoms with Crippen LogP contribution in [0.15, 0.2) is 0 Å². The molecule has 19 heavy (non-hydrogen) atoms. The minimum atomic E-state index is -2.62. The van der Waals surface area contributed by atoms with Crippen molar-refractivity contribution < 1.29 is 23.5 Å². The van der Waals surface area contributed by atoms with Crippen molar-refractivity contribution >= 4 is 11.9 Å². The number of rotatable bonds is 3. The van der Waals surface area contributed by atoms with Gasteiger partial charge in [-0.3, -0.25) is 9.59 Å². The van der Waals surface area contributed by atoms with Crippen LogP contribution in [0.1, 0.15) is 32.6 Å². The molecule has 1 saturated carbocycles. The largest absolute Gasteiger partial charge is 0.481 e. The van der Waals surface area contributed by atoms with Crippen LogP contribution >= 0.6 is 0 Å². The first-order chi connectivity index (χ1) is 8.80. The lowest BCUT2D eigenvalue weighted by Crippen LogP contribution is -2.55. The van der Waals surface area contributed by atoms with Crippen molar-refractivity contribution in [2.24, 2.45) is 17.8 Å². The molecule has 2 fully saturated rings. The van der Waals surface area contributed by atoms with Crippen molar-refractivity contribution in [3.8, 4) is 0 Å². The molecule has 2 rings (SSSR count). The van der Waals surface area contributed by atoms with Gasteiger partial charge in [-0.2, -0.15) is 0 Å². The second-order valence-corrected chi connectivity index (χ2v) is 5.76. The average Bonchev–Trinajstić information content (AvgIpc) is 2.26. The molecule has 0 aromatic carbocycles. The summed E-state index contributed by atoms with van der Waals surface area (Å²) < 4.78 is 26.0. The molecule has 0 spiro atoms. The van der Waals surface area contributed by atoms with Crippen molar-refractivity contribution in [3.05, 3.63) is 0 Å². The van der Waals surface area contributed by atoms with Crippen LogP contribution in [-0.4, -0.2) is 40.9 Å². The molecule has 0 bridgehead atoms. The number of alkyl halides is 2. The number of likely N-dealkylation sites (tertiary alicyclic amines) is 1. The quantitative estimate of drug-likeness (QED) is 0.857. The zero-order chi connectivity index (χ0) is 14.2. The summed E-state index contributed by atoms with van der Waals surface area (Å²) in [6, 6.07) is 0. The van der Waals surface area contributed by atoms with Crippen LogP contribution in [0.25, 0.3) is 0 Å². The Morgan fingerprint density at radius 1 is 1.26 bits per heavy atom. The second-order valence-electron chi connectivity index (χ2n) is 5.76.